The summed E-state index contributed by atoms with van der Waals surface area (Å²) >= 11 is 1.70. The second-order valence-electron chi connectivity index (χ2n) is 6.00. The molecule has 0 aliphatic rings. The smallest absolute Gasteiger partial charge is 0.122 e. The van der Waals surface area contributed by atoms with Crippen molar-refractivity contribution in [2.75, 3.05) is 20.2 Å². The molecule has 1 N–H and O–H groups in total. The zero-order valence-electron chi connectivity index (χ0n) is 14.0. The monoisotopic (exact) mass is 342 g/mol. The highest BCUT2D eigenvalue weighted by Crippen LogP contribution is 2.22. The fourth-order valence-electron chi connectivity index (χ4n) is 2.60. The van der Waals surface area contributed by atoms with Gasteiger partial charge in [0.2, 0.25) is 0 Å². The fourth-order valence-corrected chi connectivity index (χ4v) is 3.65. The minimum atomic E-state index is -0.538. The predicted molar refractivity (Wildman–Crippen MR) is 98.6 cm³/mol. The molecule has 3 aromatic rings. The molecule has 0 saturated heterocycles. The Morgan fingerprint density at radius 1 is 1.17 bits per heavy atom. The summed E-state index contributed by atoms with van der Waals surface area (Å²) in [5, 5.41) is 11.3. The van der Waals surface area contributed by atoms with E-state index < -0.39 is 6.10 Å². The number of para-hydroxylation sites is 2. The van der Waals surface area contributed by atoms with Crippen molar-refractivity contribution in [3.63, 3.8) is 0 Å². The van der Waals surface area contributed by atoms with Crippen molar-refractivity contribution < 1.29 is 9.84 Å². The van der Waals surface area contributed by atoms with Gasteiger partial charge >= 0.3 is 0 Å². The van der Waals surface area contributed by atoms with Crippen LogP contribution in [-0.2, 0) is 6.54 Å². The zero-order valence-corrected chi connectivity index (χ0v) is 14.8. The molecule has 1 atom stereocenters. The molecule has 24 heavy (non-hydrogen) atoms. The Morgan fingerprint density at radius 3 is 2.71 bits per heavy atom. The van der Waals surface area contributed by atoms with Crippen LogP contribution < -0.4 is 4.74 Å². The van der Waals surface area contributed by atoms with Crippen LogP contribution in [0.15, 0.2) is 48.5 Å². The third kappa shape index (κ3) is 4.32. The summed E-state index contributed by atoms with van der Waals surface area (Å²) in [6.45, 7) is 3.55. The molecule has 0 aliphatic carbocycles. The fraction of sp³-hybridized carbons (Fsp3) is 0.316. The average molecular weight is 342 g/mol. The molecule has 5 heteroatoms. The molecule has 0 fully saturated rings. The first kappa shape index (κ1) is 16.9. The van der Waals surface area contributed by atoms with Crippen molar-refractivity contribution in [1.29, 1.82) is 0 Å². The lowest BCUT2D eigenvalue weighted by molar-refractivity contribution is 0.0741. The maximum absolute atomic E-state index is 10.2. The first-order valence-electron chi connectivity index (χ1n) is 8.01. The first-order valence-corrected chi connectivity index (χ1v) is 8.83. The normalized spacial score (nSPS) is 12.7. The number of rotatable bonds is 7. The van der Waals surface area contributed by atoms with Crippen molar-refractivity contribution in [1.82, 2.24) is 9.88 Å². The van der Waals surface area contributed by atoms with E-state index in [9.17, 15) is 5.11 Å². The van der Waals surface area contributed by atoms with Crippen LogP contribution in [0.3, 0.4) is 0 Å². The van der Waals surface area contributed by atoms with Crippen LogP contribution in [-0.4, -0.2) is 41.3 Å². The van der Waals surface area contributed by atoms with Gasteiger partial charge in [-0.05, 0) is 37.7 Å². The minimum absolute atomic E-state index is 0.287. The van der Waals surface area contributed by atoms with Crippen LogP contribution in [0.5, 0.6) is 5.75 Å². The minimum Gasteiger partial charge on any atom is -0.491 e. The second-order valence-corrected chi connectivity index (χ2v) is 7.12. The number of fused-ring (bicyclic) bond motifs is 1. The highest BCUT2D eigenvalue weighted by molar-refractivity contribution is 7.18. The number of hydrogen-bond acceptors (Lipinski definition) is 5. The Bertz CT molecular complexity index is 770. The lowest BCUT2D eigenvalue weighted by Crippen LogP contribution is -2.32. The van der Waals surface area contributed by atoms with E-state index in [2.05, 4.69) is 16.0 Å². The van der Waals surface area contributed by atoms with Crippen LogP contribution >= 0.6 is 11.3 Å². The van der Waals surface area contributed by atoms with Crippen molar-refractivity contribution in [3.8, 4) is 5.75 Å². The van der Waals surface area contributed by atoms with Gasteiger partial charge in [0.05, 0.1) is 16.8 Å². The number of ether oxygens (including phenoxy) is 1. The maximum atomic E-state index is 10.2. The highest BCUT2D eigenvalue weighted by atomic mass is 32.1. The molecule has 126 valence electrons. The first-order chi connectivity index (χ1) is 11.6. The third-order valence-electron chi connectivity index (χ3n) is 3.79. The Kier molecular flexibility index (Phi) is 5.45. The summed E-state index contributed by atoms with van der Waals surface area (Å²) in [5.74, 6) is 0.824. The number of aromatic nitrogens is 1. The molecule has 1 aromatic heterocycles. The summed E-state index contributed by atoms with van der Waals surface area (Å²) in [4.78, 5) is 6.70. The van der Waals surface area contributed by atoms with Gasteiger partial charge < -0.3 is 9.84 Å². The molecule has 0 radical (unpaired) electrons. The summed E-state index contributed by atoms with van der Waals surface area (Å²) in [6, 6.07) is 16.0. The largest absolute Gasteiger partial charge is 0.491 e. The van der Waals surface area contributed by atoms with Crippen LogP contribution in [0.25, 0.3) is 10.2 Å². The van der Waals surface area contributed by atoms with Gasteiger partial charge in [0.1, 0.15) is 23.5 Å². The van der Waals surface area contributed by atoms with Crippen LogP contribution in [0, 0.1) is 6.92 Å². The summed E-state index contributed by atoms with van der Waals surface area (Å²) in [6.07, 6.45) is -0.538. The van der Waals surface area contributed by atoms with Gasteiger partial charge in [-0.3, -0.25) is 4.90 Å². The SMILES string of the molecule is Cc1ccccc1OCC(O)CN(C)Cc1nc2ccccc2s1. The van der Waals surface area contributed by atoms with Gasteiger partial charge in [-0.25, -0.2) is 4.98 Å². The van der Waals surface area contributed by atoms with Gasteiger partial charge in [0.15, 0.2) is 0 Å². The van der Waals surface area contributed by atoms with Crippen molar-refractivity contribution in [2.24, 2.45) is 0 Å². The molecular weight excluding hydrogens is 320 g/mol. The molecule has 1 unspecified atom stereocenters. The summed E-state index contributed by atoms with van der Waals surface area (Å²) in [7, 11) is 1.99. The molecule has 4 nitrogen and oxygen atoms in total. The van der Waals surface area contributed by atoms with E-state index in [-0.39, 0.29) is 6.61 Å². The zero-order chi connectivity index (χ0) is 16.9. The lowest BCUT2D eigenvalue weighted by atomic mass is 10.2. The predicted octanol–water partition coefficient (Wildman–Crippen LogP) is 3.48. The Labute approximate surface area is 146 Å². The Morgan fingerprint density at radius 2 is 1.92 bits per heavy atom. The van der Waals surface area contributed by atoms with Crippen molar-refractivity contribution >= 4 is 21.6 Å². The number of aryl methyl sites for hydroxylation is 1. The summed E-state index contributed by atoms with van der Waals surface area (Å²) < 4.78 is 6.91. The van der Waals surface area contributed by atoms with E-state index in [1.54, 1.807) is 11.3 Å². The Hall–Kier alpha value is -1.95. The summed E-state index contributed by atoms with van der Waals surface area (Å²) in [5.41, 5.74) is 2.11. The van der Waals surface area contributed by atoms with Gasteiger partial charge in [0, 0.05) is 6.54 Å². The van der Waals surface area contributed by atoms with E-state index in [0.29, 0.717) is 6.54 Å². The number of hydrogen-bond donors (Lipinski definition) is 1. The van der Waals surface area contributed by atoms with E-state index >= 15 is 0 Å². The topological polar surface area (TPSA) is 45.6 Å². The molecular formula is C19H22N2O2S. The molecule has 3 rings (SSSR count). The number of thiazole rings is 1. The van der Waals surface area contributed by atoms with Crippen LogP contribution in [0.4, 0.5) is 0 Å². The van der Waals surface area contributed by atoms with Gasteiger partial charge in [0.25, 0.3) is 0 Å². The third-order valence-corrected chi connectivity index (χ3v) is 4.81. The average Bonchev–Trinajstić information content (AvgIpc) is 2.96. The van der Waals surface area contributed by atoms with Gasteiger partial charge in [-0.15, -0.1) is 11.3 Å². The van der Waals surface area contributed by atoms with Gasteiger partial charge in [-0.1, -0.05) is 30.3 Å². The number of likely N-dealkylation sites (N-methyl/N-ethyl adjacent to an activating group) is 1. The van der Waals surface area contributed by atoms with Crippen LogP contribution in [0.1, 0.15) is 10.6 Å². The lowest BCUT2D eigenvalue weighted by Gasteiger charge is -2.20. The van der Waals surface area contributed by atoms with Crippen molar-refractivity contribution in [2.45, 2.75) is 19.6 Å². The highest BCUT2D eigenvalue weighted by Gasteiger charge is 2.12. The van der Waals surface area contributed by atoms with E-state index in [0.717, 1.165) is 28.4 Å². The number of aliphatic hydroxyl groups excluding tert-OH is 1. The number of aliphatic hydroxyl groups is 1. The second kappa shape index (κ2) is 7.75. The van der Waals surface area contributed by atoms with Gasteiger partial charge in [-0.2, -0.15) is 0 Å². The standard InChI is InChI=1S/C19H22N2O2S/c1-14-7-3-5-9-17(14)23-13-15(22)11-21(2)12-19-20-16-8-4-6-10-18(16)24-19/h3-10,15,22H,11-13H2,1-2H3. The Balaban J connectivity index is 1.50. The maximum Gasteiger partial charge on any atom is 0.122 e. The molecule has 0 aliphatic heterocycles. The molecule has 0 saturated carbocycles. The van der Waals surface area contributed by atoms with E-state index in [1.807, 2.05) is 56.4 Å². The molecule has 1 heterocycles. The van der Waals surface area contributed by atoms with E-state index in [1.165, 1.54) is 4.70 Å². The number of nitrogens with zero attached hydrogens (tertiary/aromatic N) is 2. The van der Waals surface area contributed by atoms with Crippen molar-refractivity contribution in [3.05, 3.63) is 59.1 Å². The molecule has 0 amide bonds. The quantitative estimate of drug-likeness (QED) is 0.714. The number of benzene rings is 2. The van der Waals surface area contributed by atoms with E-state index in [4.69, 9.17) is 4.74 Å². The molecule has 2 aromatic carbocycles. The molecule has 0 bridgehead atoms. The van der Waals surface area contributed by atoms with Crippen LogP contribution in [0.2, 0.25) is 0 Å². The molecule has 0 spiro atoms.